The summed E-state index contributed by atoms with van der Waals surface area (Å²) in [5.41, 5.74) is 0.318. The van der Waals surface area contributed by atoms with Gasteiger partial charge in [0.25, 0.3) is 0 Å². The van der Waals surface area contributed by atoms with Crippen LogP contribution in [0.3, 0.4) is 0 Å². The fraction of sp³-hybridized carbons (Fsp3) is 0.842. The zero-order valence-electron chi connectivity index (χ0n) is 14.8. The molecule has 0 N–H and O–H groups in total. The van der Waals surface area contributed by atoms with Gasteiger partial charge >= 0.3 is 0 Å². The molecule has 3 atom stereocenters. The molecule has 0 spiro atoms. The maximum absolute atomic E-state index is 10.3. The molecule has 0 heterocycles. The summed E-state index contributed by atoms with van der Waals surface area (Å²) in [6.45, 7) is 1.71. The summed E-state index contributed by atoms with van der Waals surface area (Å²) in [5, 5.41) is 0. The van der Waals surface area contributed by atoms with Crippen LogP contribution in [0.15, 0.2) is 15.0 Å². The first kappa shape index (κ1) is 19.5. The van der Waals surface area contributed by atoms with E-state index in [-0.39, 0.29) is 0 Å². The Hall–Kier alpha value is -1.86. The molecule has 0 aliphatic heterocycles. The predicted octanol–water partition coefficient (Wildman–Crippen LogP) is 3.37. The monoisotopic (exact) mass is 345 g/mol. The first-order valence-corrected chi connectivity index (χ1v) is 9.36. The van der Waals surface area contributed by atoms with Gasteiger partial charge in [0.05, 0.1) is 19.6 Å². The standard InChI is InChI=1S/C19H27N3O3/c23-13-20-7-1-4-16-10-18-11-17(16)12-19(18,5-2-8-21-14-24)6-3-9-22-15-25/h16-18H,1-12H2. The Morgan fingerprint density at radius 2 is 1.36 bits per heavy atom. The van der Waals surface area contributed by atoms with E-state index in [1.807, 2.05) is 0 Å². The van der Waals surface area contributed by atoms with Crippen molar-refractivity contribution in [3.8, 4) is 0 Å². The average Bonchev–Trinajstić information content (AvgIpc) is 3.18. The van der Waals surface area contributed by atoms with Crippen molar-refractivity contribution in [2.45, 2.75) is 57.8 Å². The molecule has 25 heavy (non-hydrogen) atoms. The van der Waals surface area contributed by atoms with Gasteiger partial charge in [0, 0.05) is 0 Å². The summed E-state index contributed by atoms with van der Waals surface area (Å²) < 4.78 is 0. The lowest BCUT2D eigenvalue weighted by atomic mass is 9.65. The minimum Gasteiger partial charge on any atom is -0.211 e. The van der Waals surface area contributed by atoms with Gasteiger partial charge in [-0.25, -0.2) is 29.4 Å². The van der Waals surface area contributed by atoms with Crippen molar-refractivity contribution >= 4 is 18.2 Å². The maximum Gasteiger partial charge on any atom is 0.234 e. The van der Waals surface area contributed by atoms with Gasteiger partial charge in [0.2, 0.25) is 18.2 Å². The minimum absolute atomic E-state index is 0.318. The van der Waals surface area contributed by atoms with Gasteiger partial charge in [-0.2, -0.15) is 0 Å². The van der Waals surface area contributed by atoms with Crippen molar-refractivity contribution in [3.63, 3.8) is 0 Å². The lowest BCUT2D eigenvalue weighted by Crippen LogP contribution is -2.31. The summed E-state index contributed by atoms with van der Waals surface area (Å²) >= 11 is 0. The van der Waals surface area contributed by atoms with Gasteiger partial charge in [0.1, 0.15) is 0 Å². The molecule has 2 aliphatic rings. The molecule has 0 aromatic carbocycles. The number of hydrogen-bond donors (Lipinski definition) is 0. The van der Waals surface area contributed by atoms with E-state index >= 15 is 0 Å². The third kappa shape index (κ3) is 5.31. The normalized spacial score (nSPS) is 29.5. The summed E-state index contributed by atoms with van der Waals surface area (Å²) in [6, 6.07) is 0. The van der Waals surface area contributed by atoms with Crippen LogP contribution in [0.1, 0.15) is 57.8 Å². The second kappa shape index (κ2) is 10.2. The van der Waals surface area contributed by atoms with Crippen LogP contribution in [0.4, 0.5) is 0 Å². The topological polar surface area (TPSA) is 88.3 Å². The second-order valence-electron chi connectivity index (χ2n) is 7.52. The molecule has 2 aliphatic carbocycles. The van der Waals surface area contributed by atoms with Crippen molar-refractivity contribution < 1.29 is 14.4 Å². The highest BCUT2D eigenvalue weighted by molar-refractivity contribution is 5.33. The van der Waals surface area contributed by atoms with Crippen molar-refractivity contribution in [2.75, 3.05) is 19.6 Å². The van der Waals surface area contributed by atoms with Gasteiger partial charge in [-0.15, -0.1) is 0 Å². The van der Waals surface area contributed by atoms with E-state index in [0.29, 0.717) is 25.0 Å². The molecule has 0 aromatic rings. The van der Waals surface area contributed by atoms with Crippen LogP contribution in [0.25, 0.3) is 0 Å². The number of fused-ring (bicyclic) bond motifs is 2. The molecular formula is C19H27N3O3. The number of carbonyl (C=O) groups excluding carboxylic acids is 3. The second-order valence-corrected chi connectivity index (χ2v) is 7.52. The van der Waals surface area contributed by atoms with Gasteiger partial charge in [-0.05, 0) is 81.0 Å². The van der Waals surface area contributed by atoms with Crippen LogP contribution in [-0.4, -0.2) is 37.9 Å². The Labute approximate surface area is 148 Å². The van der Waals surface area contributed by atoms with E-state index < -0.39 is 0 Å². The Kier molecular flexibility index (Phi) is 7.94. The van der Waals surface area contributed by atoms with E-state index in [0.717, 1.165) is 56.3 Å². The van der Waals surface area contributed by atoms with Crippen molar-refractivity contribution in [2.24, 2.45) is 38.1 Å². The van der Waals surface area contributed by atoms with Gasteiger partial charge in [-0.3, -0.25) is 0 Å². The summed E-state index contributed by atoms with van der Waals surface area (Å²) in [5.74, 6) is 2.23. The summed E-state index contributed by atoms with van der Waals surface area (Å²) in [4.78, 5) is 41.7. The molecule has 0 aromatic heterocycles. The largest absolute Gasteiger partial charge is 0.234 e. The first-order valence-electron chi connectivity index (χ1n) is 9.36. The summed E-state index contributed by atoms with van der Waals surface area (Å²) in [7, 11) is 0. The smallest absolute Gasteiger partial charge is 0.211 e. The Morgan fingerprint density at radius 3 is 1.84 bits per heavy atom. The molecule has 0 saturated heterocycles. The SMILES string of the molecule is O=C=NCCCC1CC2CC1CC2(CCCN=C=O)CCCN=C=O. The lowest BCUT2D eigenvalue weighted by molar-refractivity contribution is 0.0981. The number of isocyanates is 3. The molecule has 6 heteroatoms. The van der Waals surface area contributed by atoms with Crippen LogP contribution in [0.2, 0.25) is 0 Å². The maximum atomic E-state index is 10.3. The van der Waals surface area contributed by atoms with Crippen molar-refractivity contribution in [1.29, 1.82) is 0 Å². The molecule has 2 fully saturated rings. The highest BCUT2D eigenvalue weighted by atomic mass is 16.1. The molecule has 0 radical (unpaired) electrons. The van der Waals surface area contributed by atoms with E-state index in [2.05, 4.69) is 15.0 Å². The zero-order chi connectivity index (χ0) is 18.0. The Balaban J connectivity index is 1.90. The van der Waals surface area contributed by atoms with E-state index in [4.69, 9.17) is 0 Å². The number of rotatable bonds is 12. The molecule has 0 amide bonds. The van der Waals surface area contributed by atoms with Gasteiger partial charge < -0.3 is 0 Å². The van der Waals surface area contributed by atoms with E-state index in [9.17, 15) is 14.4 Å². The fourth-order valence-corrected chi connectivity index (χ4v) is 5.33. The molecule has 136 valence electrons. The van der Waals surface area contributed by atoms with Gasteiger partial charge in [0.15, 0.2) is 0 Å². The molecule has 3 unspecified atom stereocenters. The molecule has 2 saturated carbocycles. The van der Waals surface area contributed by atoms with Crippen LogP contribution >= 0.6 is 0 Å². The van der Waals surface area contributed by atoms with Crippen LogP contribution in [0.5, 0.6) is 0 Å². The highest BCUT2D eigenvalue weighted by Crippen LogP contribution is 2.62. The Bertz CT molecular complexity index is 548. The summed E-state index contributed by atoms with van der Waals surface area (Å²) in [6.07, 6.45) is 14.8. The quantitative estimate of drug-likeness (QED) is 0.308. The van der Waals surface area contributed by atoms with Crippen molar-refractivity contribution in [3.05, 3.63) is 0 Å². The molecule has 2 rings (SSSR count). The lowest BCUT2D eigenvalue weighted by Gasteiger charge is -2.40. The number of nitrogens with zero attached hydrogens (tertiary/aromatic N) is 3. The number of hydrogen-bond acceptors (Lipinski definition) is 6. The highest BCUT2D eigenvalue weighted by Gasteiger charge is 2.53. The zero-order valence-corrected chi connectivity index (χ0v) is 14.8. The minimum atomic E-state index is 0.318. The van der Waals surface area contributed by atoms with E-state index in [1.54, 1.807) is 18.2 Å². The fourth-order valence-electron chi connectivity index (χ4n) is 5.33. The predicted molar refractivity (Wildman–Crippen MR) is 93.4 cm³/mol. The molecule has 2 bridgehead atoms. The van der Waals surface area contributed by atoms with Crippen LogP contribution in [-0.2, 0) is 14.4 Å². The first-order chi connectivity index (χ1) is 12.3. The Morgan fingerprint density at radius 1 is 0.800 bits per heavy atom. The molecular weight excluding hydrogens is 318 g/mol. The van der Waals surface area contributed by atoms with Crippen LogP contribution in [0, 0.1) is 23.2 Å². The third-order valence-corrected chi connectivity index (χ3v) is 6.30. The van der Waals surface area contributed by atoms with Gasteiger partial charge in [-0.1, -0.05) is 0 Å². The number of aliphatic imine (C=N–C) groups is 3. The van der Waals surface area contributed by atoms with Crippen LogP contribution < -0.4 is 0 Å². The van der Waals surface area contributed by atoms with E-state index in [1.165, 1.54) is 19.3 Å². The van der Waals surface area contributed by atoms with Crippen molar-refractivity contribution in [1.82, 2.24) is 0 Å². The third-order valence-electron chi connectivity index (χ3n) is 6.30. The molecule has 6 nitrogen and oxygen atoms in total. The average molecular weight is 345 g/mol.